The van der Waals surface area contributed by atoms with Gasteiger partial charge in [0.05, 0.1) is 0 Å². The van der Waals surface area contributed by atoms with E-state index in [4.69, 9.17) is 16.3 Å². The van der Waals surface area contributed by atoms with Gasteiger partial charge >= 0.3 is 0 Å². The zero-order chi connectivity index (χ0) is 8.69. The molecular weight excluding hydrogens is 164 g/mol. The number of carbonyl (C=O) groups excluding carboxylic acids is 1. The Hall–Kier alpha value is -0.0800. The molecule has 3 heteroatoms. The number of ether oxygens (including phenoxy) is 1. The van der Waals surface area contributed by atoms with Gasteiger partial charge in [0.15, 0.2) is 0 Å². The first-order valence-electron chi connectivity index (χ1n) is 3.77. The van der Waals surface area contributed by atoms with Crippen LogP contribution in [0, 0.1) is 5.92 Å². The normalized spacial score (nSPS) is 13.0. The number of halogens is 1. The van der Waals surface area contributed by atoms with Crippen LogP contribution in [0.2, 0.25) is 0 Å². The van der Waals surface area contributed by atoms with Crippen molar-refractivity contribution in [1.82, 2.24) is 0 Å². The molecular formula is C8H15ClO2. The molecule has 0 aliphatic heterocycles. The van der Waals surface area contributed by atoms with Crippen molar-refractivity contribution in [3.63, 3.8) is 0 Å². The van der Waals surface area contributed by atoms with Crippen LogP contribution in [0.15, 0.2) is 0 Å². The molecule has 0 aliphatic carbocycles. The van der Waals surface area contributed by atoms with E-state index in [0.29, 0.717) is 12.5 Å². The number of Topliss-reactive ketones (excluding diaryl/α,β-unsaturated/α-hetero) is 1. The van der Waals surface area contributed by atoms with Gasteiger partial charge in [0.1, 0.15) is 5.78 Å². The Labute approximate surface area is 72.9 Å². The molecule has 0 bridgehead atoms. The van der Waals surface area contributed by atoms with E-state index in [2.05, 4.69) is 0 Å². The van der Waals surface area contributed by atoms with Crippen molar-refractivity contribution in [3.05, 3.63) is 0 Å². The molecule has 0 rings (SSSR count). The van der Waals surface area contributed by atoms with Crippen molar-refractivity contribution in [2.24, 2.45) is 5.92 Å². The molecule has 2 nitrogen and oxygen atoms in total. The summed E-state index contributed by atoms with van der Waals surface area (Å²) in [4.78, 5) is 10.9. The molecule has 11 heavy (non-hydrogen) atoms. The Bertz CT molecular complexity index is 115. The zero-order valence-corrected chi connectivity index (χ0v) is 7.86. The molecule has 0 aliphatic rings. The van der Waals surface area contributed by atoms with Crippen LogP contribution in [0.4, 0.5) is 0 Å². The lowest BCUT2D eigenvalue weighted by atomic mass is 9.99. The Morgan fingerprint density at radius 1 is 1.55 bits per heavy atom. The Balaban J connectivity index is 3.60. The van der Waals surface area contributed by atoms with Crippen molar-refractivity contribution in [3.8, 4) is 0 Å². The maximum Gasteiger partial charge on any atom is 0.133 e. The number of rotatable bonds is 6. The van der Waals surface area contributed by atoms with Crippen molar-refractivity contribution >= 4 is 17.4 Å². The summed E-state index contributed by atoms with van der Waals surface area (Å²) in [7, 11) is 1.64. The first kappa shape index (κ1) is 10.9. The number of ketones is 1. The lowest BCUT2D eigenvalue weighted by Gasteiger charge is -2.10. The fourth-order valence-corrected chi connectivity index (χ4v) is 1.21. The molecule has 66 valence electrons. The van der Waals surface area contributed by atoms with E-state index >= 15 is 0 Å². The first-order chi connectivity index (χ1) is 5.22. The smallest absolute Gasteiger partial charge is 0.133 e. The van der Waals surface area contributed by atoms with Crippen LogP contribution < -0.4 is 0 Å². The van der Waals surface area contributed by atoms with E-state index in [9.17, 15) is 4.79 Å². The molecule has 0 saturated carbocycles. The second kappa shape index (κ2) is 6.62. The van der Waals surface area contributed by atoms with Crippen LogP contribution in [-0.4, -0.2) is 25.4 Å². The number of hydrogen-bond donors (Lipinski definition) is 0. The van der Waals surface area contributed by atoms with Gasteiger partial charge in [-0.25, -0.2) is 0 Å². The van der Waals surface area contributed by atoms with Gasteiger partial charge in [0, 0.05) is 25.5 Å². The Kier molecular flexibility index (Phi) is 6.57. The van der Waals surface area contributed by atoms with Gasteiger partial charge < -0.3 is 4.74 Å². The maximum atomic E-state index is 10.9. The van der Waals surface area contributed by atoms with Gasteiger partial charge in [0.2, 0.25) is 0 Å². The third-order valence-corrected chi connectivity index (χ3v) is 1.92. The molecule has 0 aromatic rings. The van der Waals surface area contributed by atoms with Crippen molar-refractivity contribution in [2.45, 2.75) is 19.8 Å². The van der Waals surface area contributed by atoms with E-state index in [1.165, 1.54) is 0 Å². The minimum atomic E-state index is 0.0902. The lowest BCUT2D eigenvalue weighted by molar-refractivity contribution is -0.121. The molecule has 0 aromatic carbocycles. The second-order valence-electron chi connectivity index (χ2n) is 2.57. The second-order valence-corrected chi connectivity index (χ2v) is 2.94. The summed E-state index contributed by atoms with van der Waals surface area (Å²) in [6.45, 7) is 2.24. The van der Waals surface area contributed by atoms with Crippen molar-refractivity contribution in [2.75, 3.05) is 19.6 Å². The highest BCUT2D eigenvalue weighted by atomic mass is 35.5. The highest BCUT2D eigenvalue weighted by Crippen LogP contribution is 2.10. The fraction of sp³-hybridized carbons (Fsp3) is 0.875. The Morgan fingerprint density at radius 3 is 2.55 bits per heavy atom. The monoisotopic (exact) mass is 178 g/mol. The summed E-state index contributed by atoms with van der Waals surface area (Å²) in [5.74, 6) is 0.851. The standard InChI is InChI=1S/C8H15ClO2/c1-7(10)8(3-5-9)4-6-11-2/h8H,3-6H2,1-2H3. The van der Waals surface area contributed by atoms with Gasteiger partial charge in [0.25, 0.3) is 0 Å². The number of alkyl halides is 1. The SMILES string of the molecule is COCCC(CCCl)C(C)=O. The third-order valence-electron chi connectivity index (χ3n) is 1.70. The quantitative estimate of drug-likeness (QED) is 0.581. The molecule has 0 fully saturated rings. The fourth-order valence-electron chi connectivity index (χ4n) is 0.943. The predicted molar refractivity (Wildman–Crippen MR) is 46.0 cm³/mol. The number of methoxy groups -OCH3 is 1. The molecule has 0 aromatic heterocycles. The number of hydrogen-bond acceptors (Lipinski definition) is 2. The summed E-state index contributed by atoms with van der Waals surface area (Å²) >= 11 is 5.53. The van der Waals surface area contributed by atoms with E-state index < -0.39 is 0 Å². The van der Waals surface area contributed by atoms with Gasteiger partial charge in [-0.05, 0) is 19.8 Å². The van der Waals surface area contributed by atoms with E-state index in [0.717, 1.165) is 12.8 Å². The maximum absolute atomic E-state index is 10.9. The van der Waals surface area contributed by atoms with E-state index in [1.54, 1.807) is 14.0 Å². The highest BCUT2D eigenvalue weighted by molar-refractivity contribution is 6.18. The van der Waals surface area contributed by atoms with Crippen molar-refractivity contribution in [1.29, 1.82) is 0 Å². The van der Waals surface area contributed by atoms with Crippen LogP contribution >= 0.6 is 11.6 Å². The summed E-state index contributed by atoms with van der Waals surface area (Å²) in [5, 5.41) is 0. The average molecular weight is 179 g/mol. The van der Waals surface area contributed by atoms with Crippen LogP contribution in [-0.2, 0) is 9.53 Å². The minimum Gasteiger partial charge on any atom is -0.385 e. The third kappa shape index (κ3) is 5.22. The van der Waals surface area contributed by atoms with Gasteiger partial charge in [-0.15, -0.1) is 11.6 Å². The van der Waals surface area contributed by atoms with E-state index in [-0.39, 0.29) is 11.7 Å². The molecule has 0 saturated heterocycles. The summed E-state index contributed by atoms with van der Waals surface area (Å²) in [6, 6.07) is 0. The molecule has 1 atom stereocenters. The summed E-state index contributed by atoms with van der Waals surface area (Å²) in [5.41, 5.74) is 0. The van der Waals surface area contributed by atoms with Crippen LogP contribution in [0.3, 0.4) is 0 Å². The average Bonchev–Trinajstić information content (AvgIpc) is 1.97. The summed E-state index contributed by atoms with van der Waals surface area (Å²) < 4.78 is 4.87. The van der Waals surface area contributed by atoms with Crippen LogP contribution in [0.5, 0.6) is 0 Å². The van der Waals surface area contributed by atoms with Crippen LogP contribution in [0.1, 0.15) is 19.8 Å². The topological polar surface area (TPSA) is 26.3 Å². The highest BCUT2D eigenvalue weighted by Gasteiger charge is 2.12. The molecule has 0 radical (unpaired) electrons. The van der Waals surface area contributed by atoms with Crippen LogP contribution in [0.25, 0.3) is 0 Å². The molecule has 0 heterocycles. The molecule has 0 N–H and O–H groups in total. The van der Waals surface area contributed by atoms with Gasteiger partial charge in [-0.3, -0.25) is 4.79 Å². The lowest BCUT2D eigenvalue weighted by Crippen LogP contribution is -2.13. The minimum absolute atomic E-state index is 0.0902. The first-order valence-corrected chi connectivity index (χ1v) is 4.31. The number of carbonyl (C=O) groups is 1. The summed E-state index contributed by atoms with van der Waals surface area (Å²) in [6.07, 6.45) is 1.55. The molecule has 0 amide bonds. The van der Waals surface area contributed by atoms with E-state index in [1.807, 2.05) is 0 Å². The van der Waals surface area contributed by atoms with Gasteiger partial charge in [-0.2, -0.15) is 0 Å². The molecule has 0 spiro atoms. The predicted octanol–water partition coefficient (Wildman–Crippen LogP) is 1.86. The van der Waals surface area contributed by atoms with Gasteiger partial charge in [-0.1, -0.05) is 0 Å². The zero-order valence-electron chi connectivity index (χ0n) is 7.10. The molecule has 1 unspecified atom stereocenters. The largest absolute Gasteiger partial charge is 0.385 e. The Morgan fingerprint density at radius 2 is 2.18 bits per heavy atom. The van der Waals surface area contributed by atoms with Crippen molar-refractivity contribution < 1.29 is 9.53 Å².